The molecule has 4 heteroatoms. The van der Waals surface area contributed by atoms with Crippen LogP contribution in [-0.2, 0) is 0 Å². The summed E-state index contributed by atoms with van der Waals surface area (Å²) in [4.78, 5) is 2.06. The number of hydrogen-bond donors (Lipinski definition) is 1. The molecule has 1 heterocycles. The Morgan fingerprint density at radius 3 is 2.75 bits per heavy atom. The van der Waals surface area contributed by atoms with Crippen LogP contribution in [0.15, 0.2) is 18.2 Å². The Morgan fingerprint density at radius 2 is 2.10 bits per heavy atom. The second-order valence-electron chi connectivity index (χ2n) is 6.34. The molecule has 2 fully saturated rings. The van der Waals surface area contributed by atoms with Crippen LogP contribution in [0.2, 0.25) is 0 Å². The molecule has 0 bridgehead atoms. The van der Waals surface area contributed by atoms with Gasteiger partial charge in [-0.25, -0.2) is 8.78 Å². The minimum Gasteiger partial charge on any atom is -0.363 e. The van der Waals surface area contributed by atoms with Crippen molar-refractivity contribution in [3.8, 4) is 0 Å². The molecular weight excluding hydrogens is 258 g/mol. The molecule has 1 aliphatic heterocycles. The first kappa shape index (κ1) is 13.8. The van der Waals surface area contributed by atoms with Gasteiger partial charge < -0.3 is 10.2 Å². The van der Waals surface area contributed by atoms with Crippen LogP contribution in [0.4, 0.5) is 14.5 Å². The summed E-state index contributed by atoms with van der Waals surface area (Å²) in [7, 11) is 0. The standard InChI is InChI=1S/C16H22F2N2/c1-3-12-9-19-16(2,11-7-8-11)10-20(12)14-6-4-5-13(17)15(14)18/h4-6,11-12,19H,3,7-10H2,1-2H3. The normalized spacial score (nSPS) is 30.6. The van der Waals surface area contributed by atoms with E-state index in [1.54, 1.807) is 12.1 Å². The average Bonchev–Trinajstić information content (AvgIpc) is 3.27. The first-order chi connectivity index (χ1) is 9.55. The zero-order chi connectivity index (χ0) is 14.3. The van der Waals surface area contributed by atoms with Crippen molar-refractivity contribution in [1.29, 1.82) is 0 Å². The van der Waals surface area contributed by atoms with Crippen molar-refractivity contribution in [2.45, 2.75) is 44.7 Å². The van der Waals surface area contributed by atoms with E-state index < -0.39 is 11.6 Å². The van der Waals surface area contributed by atoms with Gasteiger partial charge in [0, 0.05) is 24.7 Å². The maximum absolute atomic E-state index is 14.1. The number of nitrogens with one attached hydrogen (secondary N) is 1. The van der Waals surface area contributed by atoms with Crippen LogP contribution in [0.1, 0.15) is 33.1 Å². The molecule has 0 amide bonds. The molecular formula is C16H22F2N2. The van der Waals surface area contributed by atoms with E-state index >= 15 is 0 Å². The van der Waals surface area contributed by atoms with Crippen molar-refractivity contribution in [1.82, 2.24) is 5.32 Å². The summed E-state index contributed by atoms with van der Waals surface area (Å²) < 4.78 is 27.6. The van der Waals surface area contributed by atoms with E-state index in [1.165, 1.54) is 18.9 Å². The van der Waals surface area contributed by atoms with Gasteiger partial charge in [0.15, 0.2) is 11.6 Å². The lowest BCUT2D eigenvalue weighted by atomic mass is 9.90. The lowest BCUT2D eigenvalue weighted by Crippen LogP contribution is -2.64. The number of hydrogen-bond acceptors (Lipinski definition) is 2. The molecule has 0 aromatic heterocycles. The summed E-state index contributed by atoms with van der Waals surface area (Å²) in [5, 5.41) is 3.63. The lowest BCUT2D eigenvalue weighted by Gasteiger charge is -2.47. The van der Waals surface area contributed by atoms with Gasteiger partial charge in [-0.15, -0.1) is 0 Å². The molecule has 1 saturated carbocycles. The summed E-state index contributed by atoms with van der Waals surface area (Å²) in [6.45, 7) is 5.88. The van der Waals surface area contributed by atoms with Gasteiger partial charge in [0.25, 0.3) is 0 Å². The molecule has 1 N–H and O–H groups in total. The number of halogens is 2. The fraction of sp³-hybridized carbons (Fsp3) is 0.625. The van der Waals surface area contributed by atoms with Crippen LogP contribution < -0.4 is 10.2 Å². The third-order valence-corrected chi connectivity index (χ3v) is 4.87. The summed E-state index contributed by atoms with van der Waals surface area (Å²) >= 11 is 0. The molecule has 1 aliphatic carbocycles. The zero-order valence-corrected chi connectivity index (χ0v) is 12.1. The van der Waals surface area contributed by atoms with Crippen molar-refractivity contribution in [2.24, 2.45) is 5.92 Å². The molecule has 2 unspecified atom stereocenters. The van der Waals surface area contributed by atoms with E-state index in [1.807, 2.05) is 0 Å². The van der Waals surface area contributed by atoms with E-state index in [9.17, 15) is 8.78 Å². The Balaban J connectivity index is 1.92. The van der Waals surface area contributed by atoms with Crippen LogP contribution in [0, 0.1) is 17.6 Å². The lowest BCUT2D eigenvalue weighted by molar-refractivity contribution is 0.251. The second kappa shape index (κ2) is 4.99. The van der Waals surface area contributed by atoms with Crippen molar-refractivity contribution in [3.63, 3.8) is 0 Å². The quantitative estimate of drug-likeness (QED) is 0.913. The number of nitrogens with zero attached hydrogens (tertiary/aromatic N) is 1. The number of rotatable bonds is 3. The molecule has 2 aliphatic rings. The van der Waals surface area contributed by atoms with Gasteiger partial charge in [-0.1, -0.05) is 13.0 Å². The highest BCUT2D eigenvalue weighted by atomic mass is 19.2. The smallest absolute Gasteiger partial charge is 0.182 e. The second-order valence-corrected chi connectivity index (χ2v) is 6.34. The van der Waals surface area contributed by atoms with Crippen LogP contribution in [0.3, 0.4) is 0 Å². The molecule has 110 valence electrons. The Labute approximate surface area is 119 Å². The SMILES string of the molecule is CCC1CNC(C)(C2CC2)CN1c1cccc(F)c1F. The predicted octanol–water partition coefficient (Wildman–Crippen LogP) is 3.32. The maximum atomic E-state index is 14.1. The molecule has 3 rings (SSSR count). The van der Waals surface area contributed by atoms with Crippen LogP contribution in [0.25, 0.3) is 0 Å². The van der Waals surface area contributed by atoms with E-state index in [0.717, 1.165) is 19.5 Å². The molecule has 2 atom stereocenters. The molecule has 1 aromatic carbocycles. The Bertz CT molecular complexity index is 501. The highest BCUT2D eigenvalue weighted by Crippen LogP contribution is 2.42. The first-order valence-corrected chi connectivity index (χ1v) is 7.51. The third-order valence-electron chi connectivity index (χ3n) is 4.87. The van der Waals surface area contributed by atoms with E-state index in [0.29, 0.717) is 11.6 Å². The highest BCUT2D eigenvalue weighted by molar-refractivity contribution is 5.50. The van der Waals surface area contributed by atoms with Gasteiger partial charge in [0.1, 0.15) is 0 Å². The number of anilines is 1. The van der Waals surface area contributed by atoms with Crippen molar-refractivity contribution in [3.05, 3.63) is 29.8 Å². The summed E-state index contributed by atoms with van der Waals surface area (Å²) in [5.41, 5.74) is 0.426. The Morgan fingerprint density at radius 1 is 1.35 bits per heavy atom. The van der Waals surface area contributed by atoms with Gasteiger partial charge in [-0.3, -0.25) is 0 Å². The van der Waals surface area contributed by atoms with Crippen LogP contribution in [0.5, 0.6) is 0 Å². The van der Waals surface area contributed by atoms with Crippen molar-refractivity contribution in [2.75, 3.05) is 18.0 Å². The summed E-state index contributed by atoms with van der Waals surface area (Å²) in [5.74, 6) is -0.811. The van der Waals surface area contributed by atoms with Gasteiger partial charge in [0.2, 0.25) is 0 Å². The first-order valence-electron chi connectivity index (χ1n) is 7.51. The fourth-order valence-electron chi connectivity index (χ4n) is 3.35. The highest BCUT2D eigenvalue weighted by Gasteiger charge is 2.46. The van der Waals surface area contributed by atoms with Gasteiger partial charge in [0.05, 0.1) is 5.69 Å². The number of benzene rings is 1. The van der Waals surface area contributed by atoms with Gasteiger partial charge >= 0.3 is 0 Å². The Kier molecular flexibility index (Phi) is 3.44. The summed E-state index contributed by atoms with van der Waals surface area (Å²) in [6.07, 6.45) is 3.39. The van der Waals surface area contributed by atoms with Gasteiger partial charge in [-0.05, 0) is 44.2 Å². The minimum atomic E-state index is -0.760. The van der Waals surface area contributed by atoms with Crippen molar-refractivity contribution < 1.29 is 8.78 Å². The molecule has 1 aromatic rings. The summed E-state index contributed by atoms with van der Waals surface area (Å²) in [6, 6.07) is 4.69. The van der Waals surface area contributed by atoms with Crippen LogP contribution >= 0.6 is 0 Å². The largest absolute Gasteiger partial charge is 0.363 e. The maximum Gasteiger partial charge on any atom is 0.182 e. The van der Waals surface area contributed by atoms with Crippen LogP contribution in [-0.4, -0.2) is 24.7 Å². The average molecular weight is 280 g/mol. The molecule has 0 radical (unpaired) electrons. The topological polar surface area (TPSA) is 15.3 Å². The minimum absolute atomic E-state index is 0.0183. The number of piperazine rings is 1. The van der Waals surface area contributed by atoms with E-state index in [2.05, 4.69) is 24.1 Å². The third kappa shape index (κ3) is 2.30. The fourth-order valence-corrected chi connectivity index (χ4v) is 3.35. The van der Waals surface area contributed by atoms with Gasteiger partial charge in [-0.2, -0.15) is 0 Å². The monoisotopic (exact) mass is 280 g/mol. The molecule has 0 spiro atoms. The van der Waals surface area contributed by atoms with E-state index in [-0.39, 0.29) is 11.6 Å². The Hall–Kier alpha value is -1.16. The molecule has 1 saturated heterocycles. The van der Waals surface area contributed by atoms with E-state index in [4.69, 9.17) is 0 Å². The molecule has 2 nitrogen and oxygen atoms in total. The molecule has 20 heavy (non-hydrogen) atoms. The predicted molar refractivity (Wildman–Crippen MR) is 76.9 cm³/mol. The zero-order valence-electron chi connectivity index (χ0n) is 12.1. The van der Waals surface area contributed by atoms with Crippen molar-refractivity contribution >= 4 is 5.69 Å².